The highest BCUT2D eigenvalue weighted by Gasteiger charge is 2.36. The minimum Gasteiger partial charge on any atom is -0.496 e. The third kappa shape index (κ3) is 3.92. The fraction of sp³-hybridized carbons (Fsp3) is 0.312. The Hall–Kier alpha value is -1.74. The normalized spacial score (nSPS) is 18.4. The molecular formula is C16H19ClFN3O3S. The first kappa shape index (κ1) is 19.6. The number of aromatic nitrogens is 1. The number of halogens is 2. The first-order chi connectivity index (χ1) is 11.5. The highest BCUT2D eigenvalue weighted by atomic mass is 35.5. The largest absolute Gasteiger partial charge is 0.496 e. The van der Waals surface area contributed by atoms with Gasteiger partial charge in [0.1, 0.15) is 16.5 Å². The van der Waals surface area contributed by atoms with Crippen molar-refractivity contribution in [3.05, 3.63) is 54.1 Å². The molecule has 136 valence electrons. The van der Waals surface area contributed by atoms with Gasteiger partial charge >= 0.3 is 0 Å². The average Bonchev–Trinajstić information content (AvgIpc) is 2.61. The van der Waals surface area contributed by atoms with Crippen LogP contribution in [-0.2, 0) is 10.0 Å². The molecule has 0 bridgehead atoms. The molecule has 25 heavy (non-hydrogen) atoms. The second kappa shape index (κ2) is 8.09. The van der Waals surface area contributed by atoms with E-state index in [1.807, 2.05) is 18.2 Å². The predicted molar refractivity (Wildman–Crippen MR) is 93.9 cm³/mol. The van der Waals surface area contributed by atoms with Crippen LogP contribution in [0.5, 0.6) is 5.75 Å². The first-order valence-corrected chi connectivity index (χ1v) is 8.94. The number of rotatable bonds is 4. The number of benzene rings is 1. The van der Waals surface area contributed by atoms with E-state index in [-0.39, 0.29) is 23.8 Å². The molecule has 0 saturated carbocycles. The lowest BCUT2D eigenvalue weighted by Crippen LogP contribution is -2.48. The van der Waals surface area contributed by atoms with Crippen LogP contribution >= 0.6 is 12.4 Å². The van der Waals surface area contributed by atoms with E-state index in [9.17, 15) is 12.8 Å². The summed E-state index contributed by atoms with van der Waals surface area (Å²) in [6.07, 6.45) is 2.15. The topological polar surface area (TPSA) is 71.5 Å². The monoisotopic (exact) mass is 387 g/mol. The number of hydrogen-bond donors (Lipinski definition) is 1. The molecule has 1 aromatic carbocycles. The number of sulfonamides is 1. The predicted octanol–water partition coefficient (Wildman–Crippen LogP) is 1.99. The van der Waals surface area contributed by atoms with Crippen LogP contribution in [0.25, 0.3) is 0 Å². The van der Waals surface area contributed by atoms with Gasteiger partial charge in [0.2, 0.25) is 10.0 Å². The van der Waals surface area contributed by atoms with Crippen molar-refractivity contribution in [2.75, 3.05) is 26.7 Å². The number of ether oxygens (including phenoxy) is 1. The van der Waals surface area contributed by atoms with Crippen molar-refractivity contribution >= 4 is 22.4 Å². The van der Waals surface area contributed by atoms with Crippen molar-refractivity contribution < 1.29 is 17.5 Å². The number of piperazine rings is 1. The molecule has 2 aromatic rings. The third-order valence-corrected chi connectivity index (χ3v) is 5.85. The van der Waals surface area contributed by atoms with Gasteiger partial charge in [0.15, 0.2) is 0 Å². The Morgan fingerprint density at radius 2 is 2.08 bits per heavy atom. The molecule has 0 radical (unpaired) electrons. The van der Waals surface area contributed by atoms with Crippen LogP contribution in [0, 0.1) is 5.82 Å². The van der Waals surface area contributed by atoms with Crippen molar-refractivity contribution in [3.63, 3.8) is 0 Å². The number of pyridine rings is 1. The number of para-hydroxylation sites is 1. The van der Waals surface area contributed by atoms with Gasteiger partial charge in [-0.2, -0.15) is 4.31 Å². The summed E-state index contributed by atoms with van der Waals surface area (Å²) in [5.74, 6) is -0.0659. The Labute approximate surface area is 152 Å². The fourth-order valence-electron chi connectivity index (χ4n) is 2.85. The smallest absolute Gasteiger partial charge is 0.245 e. The van der Waals surface area contributed by atoms with Gasteiger partial charge in [-0.25, -0.2) is 12.8 Å². The Kier molecular flexibility index (Phi) is 6.34. The van der Waals surface area contributed by atoms with Crippen LogP contribution in [0.3, 0.4) is 0 Å². The summed E-state index contributed by atoms with van der Waals surface area (Å²) >= 11 is 0. The average molecular weight is 388 g/mol. The molecule has 0 aliphatic carbocycles. The van der Waals surface area contributed by atoms with Gasteiger partial charge in [0.25, 0.3) is 0 Å². The van der Waals surface area contributed by atoms with Gasteiger partial charge in [0, 0.05) is 31.4 Å². The minimum atomic E-state index is -3.87. The molecule has 1 atom stereocenters. The van der Waals surface area contributed by atoms with Crippen LogP contribution in [0.4, 0.5) is 4.39 Å². The van der Waals surface area contributed by atoms with Crippen molar-refractivity contribution in [1.29, 1.82) is 0 Å². The first-order valence-electron chi connectivity index (χ1n) is 7.50. The van der Waals surface area contributed by atoms with Crippen LogP contribution < -0.4 is 10.1 Å². The van der Waals surface area contributed by atoms with Crippen molar-refractivity contribution in [2.24, 2.45) is 0 Å². The zero-order chi connectivity index (χ0) is 17.2. The zero-order valence-electron chi connectivity index (χ0n) is 13.6. The van der Waals surface area contributed by atoms with E-state index in [1.54, 1.807) is 13.2 Å². The van der Waals surface area contributed by atoms with Gasteiger partial charge in [-0.1, -0.05) is 18.2 Å². The molecule has 3 rings (SSSR count). The Balaban J connectivity index is 0.00000225. The standard InChI is InChI=1S/C16H18FN3O3S.ClH/c1-23-16-5-3-2-4-14(16)15-11-18-6-7-20(15)24(21,22)13-8-12(17)9-19-10-13;/h2-5,8-10,15,18H,6-7,11H2,1H3;1H. The minimum absolute atomic E-state index is 0. The number of nitrogens with one attached hydrogen (secondary N) is 1. The summed E-state index contributed by atoms with van der Waals surface area (Å²) in [5.41, 5.74) is 0.764. The molecule has 2 heterocycles. The maximum atomic E-state index is 13.4. The molecule has 9 heteroatoms. The SMILES string of the molecule is COc1ccccc1C1CNCCN1S(=O)(=O)c1cncc(F)c1.Cl. The Bertz CT molecular complexity index is 835. The zero-order valence-corrected chi connectivity index (χ0v) is 15.2. The van der Waals surface area contributed by atoms with Gasteiger partial charge in [-0.3, -0.25) is 4.98 Å². The highest BCUT2D eigenvalue weighted by Crippen LogP contribution is 2.33. The molecule has 1 aromatic heterocycles. The molecule has 1 fully saturated rings. The quantitative estimate of drug-likeness (QED) is 0.868. The molecular weight excluding hydrogens is 369 g/mol. The summed E-state index contributed by atoms with van der Waals surface area (Å²) in [5, 5.41) is 3.20. The van der Waals surface area contributed by atoms with E-state index in [2.05, 4.69) is 10.3 Å². The van der Waals surface area contributed by atoms with Gasteiger partial charge < -0.3 is 10.1 Å². The summed E-state index contributed by atoms with van der Waals surface area (Å²) in [6.45, 7) is 1.25. The molecule has 1 aliphatic rings. The lowest BCUT2D eigenvalue weighted by molar-refractivity contribution is 0.264. The molecule has 1 unspecified atom stereocenters. The molecule has 1 N–H and O–H groups in total. The van der Waals surface area contributed by atoms with Crippen LogP contribution in [0.2, 0.25) is 0 Å². The number of nitrogens with zero attached hydrogens (tertiary/aromatic N) is 2. The number of methoxy groups -OCH3 is 1. The van der Waals surface area contributed by atoms with E-state index in [0.29, 0.717) is 18.8 Å². The molecule has 6 nitrogen and oxygen atoms in total. The Morgan fingerprint density at radius 3 is 2.80 bits per heavy atom. The summed E-state index contributed by atoms with van der Waals surface area (Å²) in [6, 6.07) is 7.84. The van der Waals surface area contributed by atoms with E-state index in [4.69, 9.17) is 4.74 Å². The molecule has 1 aliphatic heterocycles. The second-order valence-electron chi connectivity index (χ2n) is 5.42. The lowest BCUT2D eigenvalue weighted by Gasteiger charge is -2.35. The third-order valence-electron chi connectivity index (χ3n) is 3.98. The lowest BCUT2D eigenvalue weighted by atomic mass is 10.0. The van der Waals surface area contributed by atoms with E-state index >= 15 is 0 Å². The second-order valence-corrected chi connectivity index (χ2v) is 7.31. The summed E-state index contributed by atoms with van der Waals surface area (Å²) < 4.78 is 46.1. The van der Waals surface area contributed by atoms with Crippen molar-refractivity contribution in [3.8, 4) is 5.75 Å². The van der Waals surface area contributed by atoms with E-state index in [0.717, 1.165) is 17.8 Å². The van der Waals surface area contributed by atoms with Crippen LogP contribution in [-0.4, -0.2) is 44.5 Å². The Morgan fingerprint density at radius 1 is 1.32 bits per heavy atom. The highest BCUT2D eigenvalue weighted by molar-refractivity contribution is 7.89. The summed E-state index contributed by atoms with van der Waals surface area (Å²) in [4.78, 5) is 3.51. The molecule has 0 spiro atoms. The molecule has 0 amide bonds. The van der Waals surface area contributed by atoms with Crippen molar-refractivity contribution in [1.82, 2.24) is 14.6 Å². The maximum absolute atomic E-state index is 13.4. The fourth-order valence-corrected chi connectivity index (χ4v) is 4.43. The summed E-state index contributed by atoms with van der Waals surface area (Å²) in [7, 11) is -2.33. The molecule has 1 saturated heterocycles. The van der Waals surface area contributed by atoms with Gasteiger partial charge in [-0.05, 0) is 12.1 Å². The maximum Gasteiger partial charge on any atom is 0.245 e. The van der Waals surface area contributed by atoms with E-state index in [1.165, 1.54) is 10.5 Å². The van der Waals surface area contributed by atoms with Gasteiger partial charge in [-0.15, -0.1) is 12.4 Å². The van der Waals surface area contributed by atoms with Crippen molar-refractivity contribution in [2.45, 2.75) is 10.9 Å². The number of hydrogen-bond acceptors (Lipinski definition) is 5. The van der Waals surface area contributed by atoms with E-state index < -0.39 is 21.9 Å². The van der Waals surface area contributed by atoms with Gasteiger partial charge in [0.05, 0.1) is 19.3 Å². The van der Waals surface area contributed by atoms with Crippen LogP contribution in [0.15, 0.2) is 47.6 Å². The van der Waals surface area contributed by atoms with Crippen LogP contribution in [0.1, 0.15) is 11.6 Å².